The van der Waals surface area contributed by atoms with Gasteiger partial charge < -0.3 is 5.32 Å². The van der Waals surface area contributed by atoms with Crippen LogP contribution in [0.2, 0.25) is 0 Å². The van der Waals surface area contributed by atoms with Gasteiger partial charge in [0, 0.05) is 10.2 Å². The van der Waals surface area contributed by atoms with Gasteiger partial charge in [-0.2, -0.15) is 18.4 Å². The van der Waals surface area contributed by atoms with Crippen molar-refractivity contribution in [2.75, 3.05) is 5.32 Å². The monoisotopic (exact) mass is 348 g/mol. The highest BCUT2D eigenvalue weighted by atomic mass is 79.9. The first-order valence-corrected chi connectivity index (χ1v) is 6.53. The topological polar surface area (TPSA) is 52.9 Å². The summed E-state index contributed by atoms with van der Waals surface area (Å²) in [6, 6.07) is 5.23. The van der Waals surface area contributed by atoms with Crippen molar-refractivity contribution in [2.24, 2.45) is 5.41 Å². The Labute approximate surface area is 122 Å². The number of amides is 1. The quantitative estimate of drug-likeness (QED) is 0.882. The normalized spacial score (nSPS) is 14.2. The van der Waals surface area contributed by atoms with Crippen LogP contribution < -0.4 is 5.32 Å². The number of hydrogen-bond acceptors (Lipinski definition) is 2. The van der Waals surface area contributed by atoms with E-state index in [1.165, 1.54) is 19.1 Å². The number of nitriles is 1. The summed E-state index contributed by atoms with van der Waals surface area (Å²) in [6.07, 6.45) is -4.26. The molecule has 0 spiro atoms. The fraction of sp³-hybridized carbons (Fsp3) is 0.385. The van der Waals surface area contributed by atoms with E-state index in [0.717, 1.165) is 6.07 Å². The van der Waals surface area contributed by atoms with Gasteiger partial charge in [-0.1, -0.05) is 22.9 Å². The SMILES string of the molecule is CCC(C)(C#N)C(=O)Nc1ccc(Br)c(C(F)(F)F)c1. The zero-order valence-corrected chi connectivity index (χ0v) is 12.4. The Morgan fingerprint density at radius 1 is 1.45 bits per heavy atom. The minimum Gasteiger partial charge on any atom is -0.325 e. The molecule has 1 N–H and O–H groups in total. The van der Waals surface area contributed by atoms with Gasteiger partial charge in [-0.25, -0.2) is 0 Å². The van der Waals surface area contributed by atoms with Crippen molar-refractivity contribution < 1.29 is 18.0 Å². The summed E-state index contributed by atoms with van der Waals surface area (Å²) in [4.78, 5) is 11.9. The minimum atomic E-state index is -4.52. The van der Waals surface area contributed by atoms with E-state index in [4.69, 9.17) is 5.26 Å². The molecule has 0 saturated carbocycles. The van der Waals surface area contributed by atoms with Crippen molar-refractivity contribution in [3.8, 4) is 6.07 Å². The Morgan fingerprint density at radius 3 is 2.50 bits per heavy atom. The highest BCUT2D eigenvalue weighted by Gasteiger charge is 2.34. The van der Waals surface area contributed by atoms with Gasteiger partial charge in [-0.05, 0) is 31.5 Å². The van der Waals surface area contributed by atoms with Gasteiger partial charge in [0.25, 0.3) is 0 Å². The Bertz CT molecular complexity index is 566. The zero-order chi connectivity index (χ0) is 15.6. The number of alkyl halides is 3. The molecular weight excluding hydrogens is 337 g/mol. The lowest BCUT2D eigenvalue weighted by Crippen LogP contribution is -2.31. The minimum absolute atomic E-state index is 0.000417. The fourth-order valence-electron chi connectivity index (χ4n) is 1.38. The summed E-state index contributed by atoms with van der Waals surface area (Å²) < 4.78 is 38.1. The second-order valence-electron chi connectivity index (χ2n) is 4.44. The third-order valence-electron chi connectivity index (χ3n) is 2.98. The molecule has 0 aromatic heterocycles. The number of halogens is 4. The van der Waals surface area contributed by atoms with Crippen LogP contribution in [0.25, 0.3) is 0 Å². The van der Waals surface area contributed by atoms with E-state index in [0.29, 0.717) is 0 Å². The van der Waals surface area contributed by atoms with Gasteiger partial charge in [0.1, 0.15) is 5.41 Å². The standard InChI is InChI=1S/C13H12BrF3N2O/c1-3-12(2,7-18)11(20)19-8-4-5-10(14)9(6-8)13(15,16)17/h4-6H,3H2,1-2H3,(H,19,20). The van der Waals surface area contributed by atoms with Gasteiger partial charge in [0.15, 0.2) is 0 Å². The Hall–Kier alpha value is -1.55. The summed E-state index contributed by atoms with van der Waals surface area (Å²) in [5, 5.41) is 11.3. The summed E-state index contributed by atoms with van der Waals surface area (Å²) in [6.45, 7) is 3.09. The van der Waals surface area contributed by atoms with Gasteiger partial charge in [0.05, 0.1) is 11.6 Å². The van der Waals surface area contributed by atoms with Crippen LogP contribution in [0.5, 0.6) is 0 Å². The van der Waals surface area contributed by atoms with Crippen LogP contribution in [0, 0.1) is 16.7 Å². The second kappa shape index (κ2) is 5.83. The maximum absolute atomic E-state index is 12.7. The van der Waals surface area contributed by atoms with Gasteiger partial charge in [-0.15, -0.1) is 0 Å². The zero-order valence-electron chi connectivity index (χ0n) is 10.8. The lowest BCUT2D eigenvalue weighted by Gasteiger charge is -2.19. The number of anilines is 1. The molecule has 0 heterocycles. The molecule has 1 aromatic carbocycles. The number of hydrogen-bond donors (Lipinski definition) is 1. The molecule has 0 radical (unpaired) electrons. The number of carbonyl (C=O) groups excluding carboxylic acids is 1. The summed E-state index contributed by atoms with van der Waals surface area (Å²) in [5.41, 5.74) is -2.16. The Balaban J connectivity index is 3.07. The molecule has 1 unspecified atom stereocenters. The Kier molecular flexibility index (Phi) is 4.81. The first-order valence-electron chi connectivity index (χ1n) is 5.73. The molecule has 20 heavy (non-hydrogen) atoms. The maximum Gasteiger partial charge on any atom is 0.417 e. The molecule has 1 atom stereocenters. The van der Waals surface area contributed by atoms with Crippen LogP contribution in [0.15, 0.2) is 22.7 Å². The van der Waals surface area contributed by atoms with Crippen LogP contribution in [-0.4, -0.2) is 5.91 Å². The molecular formula is C13H12BrF3N2O. The van der Waals surface area contributed by atoms with Crippen molar-refractivity contribution in [1.29, 1.82) is 5.26 Å². The molecule has 0 aliphatic carbocycles. The number of carbonyl (C=O) groups is 1. The largest absolute Gasteiger partial charge is 0.417 e. The molecule has 0 saturated heterocycles. The molecule has 108 valence electrons. The number of nitrogens with zero attached hydrogens (tertiary/aromatic N) is 1. The number of benzene rings is 1. The third-order valence-corrected chi connectivity index (χ3v) is 3.68. The second-order valence-corrected chi connectivity index (χ2v) is 5.30. The van der Waals surface area contributed by atoms with Crippen molar-refractivity contribution in [1.82, 2.24) is 0 Å². The van der Waals surface area contributed by atoms with Crippen molar-refractivity contribution in [2.45, 2.75) is 26.4 Å². The van der Waals surface area contributed by atoms with E-state index in [2.05, 4.69) is 21.2 Å². The first kappa shape index (κ1) is 16.5. The number of rotatable bonds is 3. The average Bonchev–Trinajstić information content (AvgIpc) is 2.38. The molecule has 7 heteroatoms. The van der Waals surface area contributed by atoms with Crippen LogP contribution in [0.1, 0.15) is 25.8 Å². The van der Waals surface area contributed by atoms with Crippen molar-refractivity contribution in [3.63, 3.8) is 0 Å². The van der Waals surface area contributed by atoms with E-state index in [1.54, 1.807) is 6.92 Å². The molecule has 1 aromatic rings. The van der Waals surface area contributed by atoms with Crippen molar-refractivity contribution >= 4 is 27.5 Å². The Morgan fingerprint density at radius 2 is 2.05 bits per heavy atom. The van der Waals surface area contributed by atoms with Crippen molar-refractivity contribution in [3.05, 3.63) is 28.2 Å². The van der Waals surface area contributed by atoms with Crippen LogP contribution in [-0.2, 0) is 11.0 Å². The highest BCUT2D eigenvalue weighted by Crippen LogP contribution is 2.36. The van der Waals surface area contributed by atoms with E-state index in [-0.39, 0.29) is 16.6 Å². The lowest BCUT2D eigenvalue weighted by atomic mass is 9.88. The van der Waals surface area contributed by atoms with Crippen LogP contribution in [0.3, 0.4) is 0 Å². The molecule has 0 fully saturated rings. The summed E-state index contributed by atoms with van der Waals surface area (Å²) >= 11 is 2.81. The third kappa shape index (κ3) is 3.51. The van der Waals surface area contributed by atoms with E-state index >= 15 is 0 Å². The van der Waals surface area contributed by atoms with Gasteiger partial charge >= 0.3 is 6.18 Å². The van der Waals surface area contributed by atoms with Gasteiger partial charge in [-0.3, -0.25) is 4.79 Å². The van der Waals surface area contributed by atoms with E-state index in [9.17, 15) is 18.0 Å². The lowest BCUT2D eigenvalue weighted by molar-refractivity contribution is -0.138. The summed E-state index contributed by atoms with van der Waals surface area (Å²) in [5.74, 6) is -0.627. The maximum atomic E-state index is 12.7. The fourth-order valence-corrected chi connectivity index (χ4v) is 1.85. The molecule has 0 bridgehead atoms. The molecule has 0 aliphatic heterocycles. The smallest absolute Gasteiger partial charge is 0.325 e. The van der Waals surface area contributed by atoms with E-state index < -0.39 is 23.1 Å². The molecule has 0 aliphatic rings. The summed E-state index contributed by atoms with van der Waals surface area (Å²) in [7, 11) is 0. The first-order chi connectivity index (χ1) is 9.14. The molecule has 3 nitrogen and oxygen atoms in total. The van der Waals surface area contributed by atoms with E-state index in [1.807, 2.05) is 6.07 Å². The highest BCUT2D eigenvalue weighted by molar-refractivity contribution is 9.10. The molecule has 1 amide bonds. The number of nitrogens with one attached hydrogen (secondary N) is 1. The molecule has 1 rings (SSSR count). The van der Waals surface area contributed by atoms with Crippen LogP contribution in [0.4, 0.5) is 18.9 Å². The van der Waals surface area contributed by atoms with Gasteiger partial charge in [0.2, 0.25) is 5.91 Å². The van der Waals surface area contributed by atoms with Crippen LogP contribution >= 0.6 is 15.9 Å². The predicted molar refractivity (Wildman–Crippen MR) is 71.8 cm³/mol. The predicted octanol–water partition coefficient (Wildman–Crippen LogP) is 4.35. The average molecular weight is 349 g/mol.